The summed E-state index contributed by atoms with van der Waals surface area (Å²) in [7, 11) is -3.39. The molecule has 0 aromatic heterocycles. The number of sulfonamides is 1. The van der Waals surface area contributed by atoms with Crippen molar-refractivity contribution in [1.29, 1.82) is 0 Å². The minimum absolute atomic E-state index is 0. The van der Waals surface area contributed by atoms with E-state index < -0.39 is 10.0 Å². The highest BCUT2D eigenvalue weighted by Crippen LogP contribution is 2.12. The van der Waals surface area contributed by atoms with Gasteiger partial charge in [-0.15, -0.1) is 24.0 Å². The monoisotopic (exact) mass is 545 g/mol. The standard InChI is InChI=1S/C18H35N5O4S.HI/c1-3-17(24)23-10-8-15(14-23)22-18(19-4-2)20-9-12-28(25,26)21-13-16-7-5-6-11-27-16;/h15-16,21H,3-14H2,1-2H3,(H2,19,20,22);1H. The first kappa shape index (κ1) is 26.4. The Balaban J connectivity index is 0.00000420. The fourth-order valence-electron chi connectivity index (χ4n) is 3.38. The quantitative estimate of drug-likeness (QED) is 0.223. The summed E-state index contributed by atoms with van der Waals surface area (Å²) in [6, 6.07) is 0.131. The first-order valence-electron chi connectivity index (χ1n) is 10.3. The van der Waals surface area contributed by atoms with Gasteiger partial charge in [-0.05, 0) is 32.6 Å². The average molecular weight is 545 g/mol. The first-order chi connectivity index (χ1) is 13.4. The van der Waals surface area contributed by atoms with Gasteiger partial charge in [0.05, 0.1) is 18.4 Å². The maximum absolute atomic E-state index is 12.2. The maximum Gasteiger partial charge on any atom is 0.222 e. The van der Waals surface area contributed by atoms with Gasteiger partial charge < -0.3 is 20.3 Å². The number of aliphatic imine (C=N–C) groups is 1. The van der Waals surface area contributed by atoms with E-state index in [4.69, 9.17) is 4.74 Å². The van der Waals surface area contributed by atoms with Crippen molar-refractivity contribution in [2.24, 2.45) is 4.99 Å². The molecular weight excluding hydrogens is 509 g/mol. The SMILES string of the molecule is CCNC(=NCCS(=O)(=O)NCC1CCCCO1)NC1CCN(C(=O)CC)C1.I. The van der Waals surface area contributed by atoms with Gasteiger partial charge in [-0.3, -0.25) is 9.79 Å². The van der Waals surface area contributed by atoms with E-state index in [1.54, 1.807) is 0 Å². The molecule has 0 aromatic rings. The Labute approximate surface area is 191 Å². The van der Waals surface area contributed by atoms with Crippen molar-refractivity contribution in [2.75, 3.05) is 45.1 Å². The summed E-state index contributed by atoms with van der Waals surface area (Å²) in [4.78, 5) is 18.0. The fraction of sp³-hybridized carbons (Fsp3) is 0.889. The lowest BCUT2D eigenvalue weighted by molar-refractivity contribution is -0.129. The van der Waals surface area contributed by atoms with E-state index in [1.807, 2.05) is 18.7 Å². The Morgan fingerprint density at radius 1 is 1.24 bits per heavy atom. The molecule has 0 aliphatic carbocycles. The van der Waals surface area contributed by atoms with E-state index in [9.17, 15) is 13.2 Å². The second-order valence-electron chi connectivity index (χ2n) is 7.24. The fourth-order valence-corrected chi connectivity index (χ4v) is 4.30. The Bertz CT molecular complexity index is 626. The largest absolute Gasteiger partial charge is 0.377 e. The Morgan fingerprint density at radius 2 is 2.03 bits per heavy atom. The molecule has 0 saturated carbocycles. The number of ether oxygens (including phenoxy) is 1. The third-order valence-corrected chi connectivity index (χ3v) is 6.29. The molecule has 2 fully saturated rings. The van der Waals surface area contributed by atoms with E-state index in [1.165, 1.54) is 0 Å². The maximum atomic E-state index is 12.2. The van der Waals surface area contributed by atoms with E-state index in [0.717, 1.165) is 32.2 Å². The molecule has 11 heteroatoms. The summed E-state index contributed by atoms with van der Waals surface area (Å²) in [5, 5.41) is 6.44. The molecule has 2 aliphatic rings. The summed E-state index contributed by atoms with van der Waals surface area (Å²) in [6.45, 7) is 7.10. The minimum Gasteiger partial charge on any atom is -0.377 e. The summed E-state index contributed by atoms with van der Waals surface area (Å²) < 4.78 is 32.6. The van der Waals surface area contributed by atoms with Crippen molar-refractivity contribution < 1.29 is 17.9 Å². The summed E-state index contributed by atoms with van der Waals surface area (Å²) in [5.74, 6) is 0.677. The number of likely N-dealkylation sites (tertiary alicyclic amines) is 1. The number of nitrogens with one attached hydrogen (secondary N) is 3. The Morgan fingerprint density at radius 3 is 2.69 bits per heavy atom. The van der Waals surface area contributed by atoms with Crippen LogP contribution in [0.15, 0.2) is 4.99 Å². The highest BCUT2D eigenvalue weighted by Gasteiger charge is 2.25. The zero-order chi connectivity index (χ0) is 20.4. The number of halogens is 1. The van der Waals surface area contributed by atoms with Crippen LogP contribution in [0, 0.1) is 0 Å². The smallest absolute Gasteiger partial charge is 0.222 e. The zero-order valence-electron chi connectivity index (χ0n) is 17.5. The molecule has 29 heavy (non-hydrogen) atoms. The van der Waals surface area contributed by atoms with Crippen molar-refractivity contribution in [3.63, 3.8) is 0 Å². The van der Waals surface area contributed by atoms with Crippen molar-refractivity contribution in [3.8, 4) is 0 Å². The molecule has 0 bridgehead atoms. The van der Waals surface area contributed by atoms with Crippen molar-refractivity contribution in [1.82, 2.24) is 20.3 Å². The van der Waals surface area contributed by atoms with Crippen LogP contribution in [-0.2, 0) is 19.6 Å². The van der Waals surface area contributed by atoms with Gasteiger partial charge in [0.1, 0.15) is 0 Å². The molecule has 2 aliphatic heterocycles. The predicted molar refractivity (Wildman–Crippen MR) is 125 cm³/mol. The van der Waals surface area contributed by atoms with Gasteiger partial charge in [0.2, 0.25) is 15.9 Å². The lowest BCUT2D eigenvalue weighted by atomic mass is 10.1. The van der Waals surface area contributed by atoms with Crippen LogP contribution in [0.4, 0.5) is 0 Å². The van der Waals surface area contributed by atoms with E-state index >= 15 is 0 Å². The van der Waals surface area contributed by atoms with Crippen molar-refractivity contribution in [3.05, 3.63) is 0 Å². The molecule has 2 rings (SSSR count). The van der Waals surface area contributed by atoms with Crippen LogP contribution in [0.25, 0.3) is 0 Å². The molecule has 1 amide bonds. The lowest BCUT2D eigenvalue weighted by Gasteiger charge is -2.22. The summed E-state index contributed by atoms with van der Waals surface area (Å²) in [6.07, 6.45) is 4.37. The molecule has 0 aromatic carbocycles. The van der Waals surface area contributed by atoms with Gasteiger partial charge in [-0.1, -0.05) is 6.92 Å². The van der Waals surface area contributed by atoms with Crippen LogP contribution < -0.4 is 15.4 Å². The van der Waals surface area contributed by atoms with Crippen LogP contribution in [0.2, 0.25) is 0 Å². The van der Waals surface area contributed by atoms with Crippen LogP contribution in [0.3, 0.4) is 0 Å². The van der Waals surface area contributed by atoms with Crippen molar-refractivity contribution in [2.45, 2.75) is 58.1 Å². The number of carbonyl (C=O) groups excluding carboxylic acids is 1. The van der Waals surface area contributed by atoms with Gasteiger partial charge in [-0.2, -0.15) is 0 Å². The Hall–Kier alpha value is -0.660. The molecule has 9 nitrogen and oxygen atoms in total. The minimum atomic E-state index is -3.39. The molecule has 3 N–H and O–H groups in total. The van der Waals surface area contributed by atoms with Gasteiger partial charge in [0, 0.05) is 45.2 Å². The number of rotatable bonds is 9. The van der Waals surface area contributed by atoms with Gasteiger partial charge in [-0.25, -0.2) is 13.1 Å². The van der Waals surface area contributed by atoms with Crippen LogP contribution in [0.1, 0.15) is 46.0 Å². The number of amides is 1. The highest BCUT2D eigenvalue weighted by molar-refractivity contribution is 14.0. The normalized spacial score (nSPS) is 22.8. The Kier molecular flexibility index (Phi) is 12.4. The van der Waals surface area contributed by atoms with Crippen LogP contribution >= 0.6 is 24.0 Å². The molecule has 170 valence electrons. The average Bonchev–Trinajstić information content (AvgIpc) is 3.15. The number of guanidine groups is 1. The van der Waals surface area contributed by atoms with Crippen LogP contribution in [-0.4, -0.2) is 82.4 Å². The van der Waals surface area contributed by atoms with Gasteiger partial charge in [0.25, 0.3) is 0 Å². The molecule has 2 saturated heterocycles. The third kappa shape index (κ3) is 9.79. The topological polar surface area (TPSA) is 112 Å². The second kappa shape index (κ2) is 13.6. The summed E-state index contributed by atoms with van der Waals surface area (Å²) in [5.41, 5.74) is 0. The number of hydrogen-bond donors (Lipinski definition) is 3. The number of carbonyl (C=O) groups is 1. The van der Waals surface area contributed by atoms with E-state index in [-0.39, 0.29) is 54.3 Å². The highest BCUT2D eigenvalue weighted by atomic mass is 127. The lowest BCUT2D eigenvalue weighted by Crippen LogP contribution is -2.45. The molecule has 2 heterocycles. The first-order valence-corrected chi connectivity index (χ1v) is 12.0. The molecular formula is C18H36IN5O4S. The number of hydrogen-bond acceptors (Lipinski definition) is 5. The molecule has 2 atom stereocenters. The number of nitrogens with zero attached hydrogens (tertiary/aromatic N) is 2. The third-order valence-electron chi connectivity index (χ3n) is 4.96. The van der Waals surface area contributed by atoms with Gasteiger partial charge >= 0.3 is 0 Å². The molecule has 0 spiro atoms. The zero-order valence-corrected chi connectivity index (χ0v) is 20.6. The summed E-state index contributed by atoms with van der Waals surface area (Å²) >= 11 is 0. The van der Waals surface area contributed by atoms with Gasteiger partial charge in [0.15, 0.2) is 5.96 Å². The second-order valence-corrected chi connectivity index (χ2v) is 9.17. The van der Waals surface area contributed by atoms with Crippen LogP contribution in [0.5, 0.6) is 0 Å². The van der Waals surface area contributed by atoms with Crippen molar-refractivity contribution >= 4 is 45.9 Å². The molecule has 2 unspecified atom stereocenters. The van der Waals surface area contributed by atoms with E-state index in [0.29, 0.717) is 38.6 Å². The predicted octanol–water partition coefficient (Wildman–Crippen LogP) is 0.659. The van der Waals surface area contributed by atoms with E-state index in [2.05, 4.69) is 20.3 Å². The molecule has 0 radical (unpaired) electrons.